The Kier molecular flexibility index (Phi) is 3.82. The summed E-state index contributed by atoms with van der Waals surface area (Å²) in [5, 5.41) is 6.40. The van der Waals surface area contributed by atoms with Crippen LogP contribution in [0.5, 0.6) is 0 Å². The molecular formula is C12H23N3O. The van der Waals surface area contributed by atoms with Gasteiger partial charge < -0.3 is 10.6 Å². The summed E-state index contributed by atoms with van der Waals surface area (Å²) in [4.78, 5) is 14.0. The Morgan fingerprint density at radius 1 is 1.38 bits per heavy atom. The first-order valence-electron chi connectivity index (χ1n) is 6.38. The molecule has 4 heteroatoms. The average molecular weight is 225 g/mol. The smallest absolute Gasteiger partial charge is 0.234 e. The summed E-state index contributed by atoms with van der Waals surface area (Å²) in [7, 11) is 0. The van der Waals surface area contributed by atoms with Crippen molar-refractivity contribution >= 4 is 5.91 Å². The number of carbonyl (C=O) groups is 1. The molecule has 1 aliphatic carbocycles. The molecule has 0 unspecified atom stereocenters. The molecule has 2 aliphatic rings. The fraction of sp³-hybridized carbons (Fsp3) is 0.917. The van der Waals surface area contributed by atoms with Crippen LogP contribution in [0.2, 0.25) is 0 Å². The lowest BCUT2D eigenvalue weighted by Crippen LogP contribution is -2.40. The minimum Gasteiger partial charge on any atom is -0.354 e. The van der Waals surface area contributed by atoms with Crippen LogP contribution in [0, 0.1) is 5.41 Å². The van der Waals surface area contributed by atoms with Gasteiger partial charge in [-0.25, -0.2) is 0 Å². The van der Waals surface area contributed by atoms with Crippen LogP contribution in [0.25, 0.3) is 0 Å². The third-order valence-corrected chi connectivity index (χ3v) is 3.62. The summed E-state index contributed by atoms with van der Waals surface area (Å²) < 4.78 is 0. The van der Waals surface area contributed by atoms with E-state index in [0.717, 1.165) is 39.1 Å². The lowest BCUT2D eigenvalue weighted by Gasteiger charge is -2.19. The van der Waals surface area contributed by atoms with Crippen molar-refractivity contribution in [1.82, 2.24) is 15.5 Å². The number of hydrogen-bond donors (Lipinski definition) is 2. The molecule has 1 amide bonds. The highest BCUT2D eigenvalue weighted by Crippen LogP contribution is 2.43. The first-order chi connectivity index (χ1) is 7.68. The summed E-state index contributed by atoms with van der Waals surface area (Å²) in [6.45, 7) is 7.78. The minimum atomic E-state index is 0.190. The van der Waals surface area contributed by atoms with Gasteiger partial charge in [-0.15, -0.1) is 0 Å². The Bertz CT molecular complexity index is 243. The van der Waals surface area contributed by atoms with E-state index in [4.69, 9.17) is 0 Å². The molecule has 0 atom stereocenters. The van der Waals surface area contributed by atoms with Crippen molar-refractivity contribution in [2.45, 2.75) is 26.2 Å². The second-order valence-electron chi connectivity index (χ2n) is 5.47. The van der Waals surface area contributed by atoms with Crippen molar-refractivity contribution in [3.63, 3.8) is 0 Å². The zero-order chi connectivity index (χ0) is 11.4. The summed E-state index contributed by atoms with van der Waals surface area (Å²) in [5.74, 6) is 0.190. The largest absolute Gasteiger partial charge is 0.354 e. The molecule has 1 saturated carbocycles. The molecule has 0 aromatic heterocycles. The van der Waals surface area contributed by atoms with Crippen molar-refractivity contribution in [2.75, 3.05) is 39.3 Å². The molecule has 92 valence electrons. The Hall–Kier alpha value is -0.610. The third kappa shape index (κ3) is 3.76. The Labute approximate surface area is 97.8 Å². The number of hydrogen-bond acceptors (Lipinski definition) is 3. The summed E-state index contributed by atoms with van der Waals surface area (Å²) >= 11 is 0. The van der Waals surface area contributed by atoms with E-state index in [2.05, 4.69) is 22.5 Å². The lowest BCUT2D eigenvalue weighted by atomic mass is 10.1. The maximum Gasteiger partial charge on any atom is 0.234 e. The molecule has 1 aliphatic heterocycles. The monoisotopic (exact) mass is 225 g/mol. The topological polar surface area (TPSA) is 44.4 Å². The zero-order valence-corrected chi connectivity index (χ0v) is 10.2. The zero-order valence-electron chi connectivity index (χ0n) is 10.2. The van der Waals surface area contributed by atoms with Gasteiger partial charge in [-0.1, -0.05) is 6.92 Å². The van der Waals surface area contributed by atoms with Gasteiger partial charge in [0.2, 0.25) is 5.91 Å². The second-order valence-corrected chi connectivity index (χ2v) is 5.47. The molecule has 16 heavy (non-hydrogen) atoms. The van der Waals surface area contributed by atoms with Gasteiger partial charge in [-0.2, -0.15) is 0 Å². The molecule has 4 nitrogen and oxygen atoms in total. The Morgan fingerprint density at radius 2 is 2.19 bits per heavy atom. The maximum atomic E-state index is 11.7. The van der Waals surface area contributed by atoms with Crippen LogP contribution in [0.1, 0.15) is 26.2 Å². The first kappa shape index (κ1) is 11.9. The summed E-state index contributed by atoms with van der Waals surface area (Å²) in [6.07, 6.45) is 3.67. The summed E-state index contributed by atoms with van der Waals surface area (Å²) in [5.41, 5.74) is 0.413. The van der Waals surface area contributed by atoms with Crippen molar-refractivity contribution in [3.05, 3.63) is 0 Å². The summed E-state index contributed by atoms with van der Waals surface area (Å²) in [6, 6.07) is 0. The molecule has 0 aromatic carbocycles. The van der Waals surface area contributed by atoms with Crippen LogP contribution in [0.3, 0.4) is 0 Å². The van der Waals surface area contributed by atoms with Gasteiger partial charge in [0.05, 0.1) is 6.54 Å². The second kappa shape index (κ2) is 5.15. The van der Waals surface area contributed by atoms with Gasteiger partial charge in [-0.05, 0) is 37.8 Å². The number of carbonyl (C=O) groups excluding carboxylic acids is 1. The van der Waals surface area contributed by atoms with Gasteiger partial charge >= 0.3 is 0 Å². The van der Waals surface area contributed by atoms with Crippen LogP contribution in [0.4, 0.5) is 0 Å². The number of nitrogens with one attached hydrogen (secondary N) is 2. The maximum absolute atomic E-state index is 11.7. The van der Waals surface area contributed by atoms with E-state index in [0.29, 0.717) is 12.0 Å². The number of rotatable bonds is 4. The van der Waals surface area contributed by atoms with Crippen molar-refractivity contribution in [2.24, 2.45) is 5.41 Å². The molecular weight excluding hydrogens is 202 g/mol. The lowest BCUT2D eigenvalue weighted by molar-refractivity contribution is -0.122. The fourth-order valence-corrected chi connectivity index (χ4v) is 2.02. The van der Waals surface area contributed by atoms with Crippen molar-refractivity contribution in [3.8, 4) is 0 Å². The van der Waals surface area contributed by atoms with Crippen LogP contribution in [-0.2, 0) is 4.79 Å². The van der Waals surface area contributed by atoms with Crippen LogP contribution < -0.4 is 10.6 Å². The Morgan fingerprint density at radius 3 is 2.94 bits per heavy atom. The quantitative estimate of drug-likeness (QED) is 0.718. The molecule has 1 saturated heterocycles. The average Bonchev–Trinajstić information content (AvgIpc) is 3.02. The van der Waals surface area contributed by atoms with Crippen LogP contribution >= 0.6 is 0 Å². The van der Waals surface area contributed by atoms with Crippen molar-refractivity contribution < 1.29 is 4.79 Å². The fourth-order valence-electron chi connectivity index (χ4n) is 2.02. The van der Waals surface area contributed by atoms with E-state index >= 15 is 0 Å². The molecule has 0 radical (unpaired) electrons. The highest BCUT2D eigenvalue weighted by molar-refractivity contribution is 5.78. The van der Waals surface area contributed by atoms with E-state index in [-0.39, 0.29) is 5.91 Å². The predicted octanol–water partition coefficient (Wildman–Crippen LogP) is 0.198. The predicted molar refractivity (Wildman–Crippen MR) is 64.3 cm³/mol. The molecule has 0 spiro atoms. The molecule has 2 fully saturated rings. The van der Waals surface area contributed by atoms with Crippen LogP contribution in [-0.4, -0.2) is 50.1 Å². The van der Waals surface area contributed by atoms with Gasteiger partial charge in [0.1, 0.15) is 0 Å². The minimum absolute atomic E-state index is 0.190. The van der Waals surface area contributed by atoms with Gasteiger partial charge in [0, 0.05) is 19.6 Å². The standard InChI is InChI=1S/C12H23N3O/c1-12(3-4-12)10-14-11(16)9-15-7-2-5-13-6-8-15/h13H,2-10H2,1H3,(H,14,16). The molecule has 1 heterocycles. The third-order valence-electron chi connectivity index (χ3n) is 3.62. The molecule has 2 rings (SSSR count). The van der Waals surface area contributed by atoms with E-state index in [1.54, 1.807) is 0 Å². The number of amides is 1. The Balaban J connectivity index is 1.65. The van der Waals surface area contributed by atoms with E-state index in [1.807, 2.05) is 0 Å². The molecule has 2 N–H and O–H groups in total. The van der Waals surface area contributed by atoms with Crippen molar-refractivity contribution in [1.29, 1.82) is 0 Å². The van der Waals surface area contributed by atoms with E-state index in [1.165, 1.54) is 12.8 Å². The highest BCUT2D eigenvalue weighted by Gasteiger charge is 2.37. The van der Waals surface area contributed by atoms with E-state index < -0.39 is 0 Å². The SMILES string of the molecule is CC1(CNC(=O)CN2CCCNCC2)CC1. The van der Waals surface area contributed by atoms with E-state index in [9.17, 15) is 4.79 Å². The number of nitrogens with zero attached hydrogens (tertiary/aromatic N) is 1. The van der Waals surface area contributed by atoms with Gasteiger partial charge in [0.25, 0.3) is 0 Å². The van der Waals surface area contributed by atoms with Gasteiger partial charge in [-0.3, -0.25) is 9.69 Å². The van der Waals surface area contributed by atoms with Crippen LogP contribution in [0.15, 0.2) is 0 Å². The molecule has 0 aromatic rings. The molecule has 0 bridgehead atoms. The normalized spacial score (nSPS) is 24.8. The highest BCUT2D eigenvalue weighted by atomic mass is 16.2. The van der Waals surface area contributed by atoms with Gasteiger partial charge in [0.15, 0.2) is 0 Å². The first-order valence-corrected chi connectivity index (χ1v) is 6.38.